The molecule has 0 saturated carbocycles. The van der Waals surface area contributed by atoms with Gasteiger partial charge in [0, 0.05) is 70.9 Å². The Morgan fingerprint density at radius 3 is 2.35 bits per heavy atom. The molecule has 1 aromatic rings. The van der Waals surface area contributed by atoms with Crippen molar-refractivity contribution in [2.45, 2.75) is 6.42 Å². The molecule has 144 valence electrons. The van der Waals surface area contributed by atoms with E-state index in [0.717, 1.165) is 45.8 Å². The second-order valence-corrected chi connectivity index (χ2v) is 6.56. The van der Waals surface area contributed by atoms with Gasteiger partial charge in [0.2, 0.25) is 5.91 Å². The average Bonchev–Trinajstić information content (AvgIpc) is 2.66. The van der Waals surface area contributed by atoms with E-state index >= 15 is 0 Å². The fraction of sp³-hybridized carbons (Fsp3) is 0.556. The summed E-state index contributed by atoms with van der Waals surface area (Å²) in [7, 11) is 0. The molecule has 0 radical (unpaired) electrons. The summed E-state index contributed by atoms with van der Waals surface area (Å²) in [6.45, 7) is 6.95. The molecule has 2 amide bonds. The van der Waals surface area contributed by atoms with Gasteiger partial charge in [0.05, 0.1) is 0 Å². The molecule has 0 atom stereocenters. The summed E-state index contributed by atoms with van der Waals surface area (Å²) in [5, 5.41) is 12.8. The van der Waals surface area contributed by atoms with Crippen LogP contribution in [0.4, 0.5) is 0 Å². The molecule has 7 nitrogen and oxygen atoms in total. The minimum Gasteiger partial charge on any atom is -0.508 e. The van der Waals surface area contributed by atoms with Gasteiger partial charge in [0.1, 0.15) is 5.75 Å². The van der Waals surface area contributed by atoms with Gasteiger partial charge in [-0.2, -0.15) is 0 Å². The number of aromatic hydroxyl groups is 1. The van der Waals surface area contributed by atoms with Crippen LogP contribution in [0.25, 0.3) is 0 Å². The zero-order valence-corrected chi connectivity index (χ0v) is 15.7. The number of nitrogens with zero attached hydrogens (tertiary/aromatic N) is 3. The van der Waals surface area contributed by atoms with E-state index < -0.39 is 0 Å². The number of hydrogen-bond acceptors (Lipinski definition) is 5. The van der Waals surface area contributed by atoms with Gasteiger partial charge in [-0.05, 0) is 18.2 Å². The first kappa shape index (κ1) is 20.5. The summed E-state index contributed by atoms with van der Waals surface area (Å²) >= 11 is 0. The number of benzene rings is 1. The van der Waals surface area contributed by atoms with Gasteiger partial charge >= 0.3 is 0 Å². The fourth-order valence-corrected chi connectivity index (χ4v) is 3.32. The number of carbonyl (C=O) groups is 2. The summed E-state index contributed by atoms with van der Waals surface area (Å²) in [6.07, 6.45) is 0.542. The van der Waals surface area contributed by atoms with Gasteiger partial charge < -0.3 is 20.2 Å². The first-order valence-electron chi connectivity index (χ1n) is 8.92. The van der Waals surface area contributed by atoms with E-state index in [4.69, 9.17) is 0 Å². The van der Waals surface area contributed by atoms with Crippen molar-refractivity contribution in [1.29, 1.82) is 0 Å². The predicted molar refractivity (Wildman–Crippen MR) is 102 cm³/mol. The maximum Gasteiger partial charge on any atom is 0.254 e. The molecule has 2 saturated heterocycles. The van der Waals surface area contributed by atoms with Crippen molar-refractivity contribution < 1.29 is 14.7 Å². The molecule has 2 N–H and O–H groups in total. The van der Waals surface area contributed by atoms with E-state index in [0.29, 0.717) is 25.1 Å². The Kier molecular flexibility index (Phi) is 7.68. The molecule has 2 fully saturated rings. The first-order valence-corrected chi connectivity index (χ1v) is 8.92. The normalized spacial score (nSPS) is 18.3. The Morgan fingerprint density at radius 2 is 1.69 bits per heavy atom. The molecule has 0 aliphatic carbocycles. The van der Waals surface area contributed by atoms with Crippen LogP contribution in [-0.4, -0.2) is 90.5 Å². The third-order valence-corrected chi connectivity index (χ3v) is 4.86. The van der Waals surface area contributed by atoms with Gasteiger partial charge in [-0.1, -0.05) is 6.07 Å². The maximum absolute atomic E-state index is 12.5. The summed E-state index contributed by atoms with van der Waals surface area (Å²) in [5.41, 5.74) is 0.516. The summed E-state index contributed by atoms with van der Waals surface area (Å²) in [4.78, 5) is 30.7. The highest BCUT2D eigenvalue weighted by atomic mass is 35.5. The van der Waals surface area contributed by atoms with Crippen LogP contribution in [0.15, 0.2) is 24.3 Å². The third-order valence-electron chi connectivity index (χ3n) is 4.86. The van der Waals surface area contributed by atoms with Crippen molar-refractivity contribution in [2.75, 3.05) is 58.9 Å². The molecule has 2 aliphatic rings. The van der Waals surface area contributed by atoms with Gasteiger partial charge in [-0.25, -0.2) is 0 Å². The molecule has 0 aromatic heterocycles. The van der Waals surface area contributed by atoms with E-state index in [1.807, 2.05) is 9.80 Å². The van der Waals surface area contributed by atoms with E-state index in [1.54, 1.807) is 18.2 Å². The fourth-order valence-electron chi connectivity index (χ4n) is 3.32. The van der Waals surface area contributed by atoms with Gasteiger partial charge in [-0.3, -0.25) is 14.5 Å². The number of nitrogens with one attached hydrogen (secondary N) is 1. The average molecular weight is 383 g/mol. The van der Waals surface area contributed by atoms with E-state index in [1.165, 1.54) is 6.07 Å². The Labute approximate surface area is 160 Å². The highest BCUT2D eigenvalue weighted by Gasteiger charge is 2.23. The number of hydrogen-bond donors (Lipinski definition) is 2. The quantitative estimate of drug-likeness (QED) is 0.788. The number of rotatable bonds is 4. The summed E-state index contributed by atoms with van der Waals surface area (Å²) in [5.74, 6) is 0.281. The smallest absolute Gasteiger partial charge is 0.254 e. The molecule has 26 heavy (non-hydrogen) atoms. The number of piperazine rings is 2. The molecular weight excluding hydrogens is 356 g/mol. The van der Waals surface area contributed by atoms with Crippen LogP contribution in [-0.2, 0) is 4.79 Å². The standard InChI is InChI=1S/C18H26N4O3.ClH/c23-16-3-1-2-15(14-16)18(25)22-12-10-20(11-13-22)7-4-17(24)21-8-5-19-6-9-21;/h1-3,14,19,23H,4-13H2;1H. The Morgan fingerprint density at radius 1 is 1.00 bits per heavy atom. The molecule has 0 unspecified atom stereocenters. The molecule has 8 heteroatoms. The predicted octanol–water partition coefficient (Wildman–Crippen LogP) is 0.394. The van der Waals surface area contributed by atoms with Crippen LogP contribution >= 0.6 is 12.4 Å². The van der Waals surface area contributed by atoms with Crippen LogP contribution in [0.3, 0.4) is 0 Å². The van der Waals surface area contributed by atoms with Crippen LogP contribution in [0.1, 0.15) is 16.8 Å². The number of amides is 2. The lowest BCUT2D eigenvalue weighted by atomic mass is 10.1. The molecule has 2 heterocycles. The Balaban J connectivity index is 0.00000243. The molecule has 1 aromatic carbocycles. The Hall–Kier alpha value is -1.83. The second-order valence-electron chi connectivity index (χ2n) is 6.56. The number of carbonyl (C=O) groups excluding carboxylic acids is 2. The summed E-state index contributed by atoms with van der Waals surface area (Å²) in [6, 6.07) is 6.46. The van der Waals surface area contributed by atoms with Crippen molar-refractivity contribution in [3.63, 3.8) is 0 Å². The lowest BCUT2D eigenvalue weighted by molar-refractivity contribution is -0.132. The van der Waals surface area contributed by atoms with Crippen molar-refractivity contribution in [2.24, 2.45) is 0 Å². The molecule has 0 bridgehead atoms. The monoisotopic (exact) mass is 382 g/mol. The topological polar surface area (TPSA) is 76.1 Å². The molecule has 3 rings (SSSR count). The lowest BCUT2D eigenvalue weighted by Gasteiger charge is -2.35. The molecule has 2 aliphatic heterocycles. The Bertz CT molecular complexity index is 614. The zero-order valence-electron chi connectivity index (χ0n) is 14.9. The van der Waals surface area contributed by atoms with Crippen molar-refractivity contribution in [1.82, 2.24) is 20.0 Å². The van der Waals surface area contributed by atoms with E-state index in [2.05, 4.69) is 10.2 Å². The zero-order chi connectivity index (χ0) is 17.6. The number of phenols is 1. The van der Waals surface area contributed by atoms with E-state index in [9.17, 15) is 14.7 Å². The minimum atomic E-state index is -0.0487. The lowest BCUT2D eigenvalue weighted by Crippen LogP contribution is -2.50. The van der Waals surface area contributed by atoms with Crippen LogP contribution < -0.4 is 5.32 Å². The van der Waals surface area contributed by atoms with Crippen molar-refractivity contribution in [3.8, 4) is 5.75 Å². The van der Waals surface area contributed by atoms with E-state index in [-0.39, 0.29) is 30.0 Å². The van der Waals surface area contributed by atoms with Crippen LogP contribution in [0.2, 0.25) is 0 Å². The second kappa shape index (κ2) is 9.75. The van der Waals surface area contributed by atoms with Gasteiger partial charge in [-0.15, -0.1) is 12.4 Å². The summed E-state index contributed by atoms with van der Waals surface area (Å²) < 4.78 is 0. The minimum absolute atomic E-state index is 0. The largest absolute Gasteiger partial charge is 0.508 e. The van der Waals surface area contributed by atoms with Gasteiger partial charge in [0.25, 0.3) is 5.91 Å². The molecule has 0 spiro atoms. The highest BCUT2D eigenvalue weighted by molar-refractivity contribution is 5.94. The highest BCUT2D eigenvalue weighted by Crippen LogP contribution is 2.14. The maximum atomic E-state index is 12.5. The first-order chi connectivity index (χ1) is 12.1. The van der Waals surface area contributed by atoms with Gasteiger partial charge in [0.15, 0.2) is 0 Å². The number of halogens is 1. The molecular formula is C18H27ClN4O3. The third kappa shape index (κ3) is 5.33. The van der Waals surface area contributed by atoms with Crippen LogP contribution in [0, 0.1) is 0 Å². The van der Waals surface area contributed by atoms with Crippen LogP contribution in [0.5, 0.6) is 5.75 Å². The van der Waals surface area contributed by atoms with Crippen molar-refractivity contribution in [3.05, 3.63) is 29.8 Å². The number of phenolic OH excluding ortho intramolecular Hbond substituents is 1. The van der Waals surface area contributed by atoms with Crippen molar-refractivity contribution >= 4 is 24.2 Å². The SMILES string of the molecule is Cl.O=C(CCN1CCN(C(=O)c2cccc(O)c2)CC1)N1CCNCC1.